The van der Waals surface area contributed by atoms with Crippen molar-refractivity contribution in [2.75, 3.05) is 13.7 Å². The molecule has 8 heteroatoms. The molecular weight excluding hydrogens is 438 g/mol. The molecule has 7 nitrogen and oxygen atoms in total. The van der Waals surface area contributed by atoms with Gasteiger partial charge in [-0.15, -0.1) is 11.3 Å². The highest BCUT2D eigenvalue weighted by atomic mass is 32.1. The number of carbonyl (C=O) groups is 2. The number of ether oxygens (including phenoxy) is 2. The summed E-state index contributed by atoms with van der Waals surface area (Å²) < 4.78 is 11.4. The lowest BCUT2D eigenvalue weighted by molar-refractivity contribution is -0.131. The topological polar surface area (TPSA) is 80.8 Å². The van der Waals surface area contributed by atoms with E-state index in [4.69, 9.17) is 9.47 Å². The maximum Gasteiger partial charge on any atom is 0.410 e. The van der Waals surface area contributed by atoms with Crippen LogP contribution in [0, 0.1) is 5.92 Å². The van der Waals surface area contributed by atoms with Crippen molar-refractivity contribution in [2.45, 2.75) is 70.7 Å². The van der Waals surface area contributed by atoms with E-state index >= 15 is 0 Å². The summed E-state index contributed by atoms with van der Waals surface area (Å²) in [4.78, 5) is 32.3. The van der Waals surface area contributed by atoms with E-state index in [0.29, 0.717) is 13.0 Å². The first-order chi connectivity index (χ1) is 15.7. The summed E-state index contributed by atoms with van der Waals surface area (Å²) in [6.45, 7) is 8.02. The molecule has 1 fully saturated rings. The highest BCUT2D eigenvalue weighted by Gasteiger charge is 2.41. The van der Waals surface area contributed by atoms with Crippen LogP contribution < -0.4 is 5.32 Å². The van der Waals surface area contributed by atoms with Gasteiger partial charge < -0.3 is 19.7 Å². The number of aromatic nitrogens is 1. The van der Waals surface area contributed by atoms with Crippen LogP contribution in [-0.4, -0.2) is 53.3 Å². The van der Waals surface area contributed by atoms with Crippen molar-refractivity contribution in [2.24, 2.45) is 5.92 Å². The molecule has 1 aliphatic rings. The Balaban J connectivity index is 1.72. The molecule has 0 radical (unpaired) electrons. The molecule has 2 aromatic rings. The minimum absolute atomic E-state index is 0.117. The lowest BCUT2D eigenvalue weighted by Crippen LogP contribution is -2.51. The number of benzene rings is 1. The quantitative estimate of drug-likeness (QED) is 0.606. The number of carbonyl (C=O) groups excluding carboxylic acids is 2. The SMILES string of the molecule is CO[C@H]([C@H](C)C(=O)N[C@@H](Cc1ccccc1)c1nccs1)[C@@H]1CCCN1C(=O)OC(C)(C)C. The van der Waals surface area contributed by atoms with Gasteiger partial charge in [-0.2, -0.15) is 0 Å². The van der Waals surface area contributed by atoms with Crippen molar-refractivity contribution < 1.29 is 19.1 Å². The summed E-state index contributed by atoms with van der Waals surface area (Å²) in [6, 6.07) is 9.61. The number of hydrogen-bond acceptors (Lipinski definition) is 6. The molecule has 33 heavy (non-hydrogen) atoms. The molecule has 0 bridgehead atoms. The van der Waals surface area contributed by atoms with Gasteiger partial charge in [0.15, 0.2) is 0 Å². The van der Waals surface area contributed by atoms with Crippen LogP contribution in [0.3, 0.4) is 0 Å². The Kier molecular flexibility index (Phi) is 8.48. The van der Waals surface area contributed by atoms with Crippen molar-refractivity contribution in [3.63, 3.8) is 0 Å². The molecule has 0 spiro atoms. The average Bonchev–Trinajstić information content (AvgIpc) is 3.46. The molecule has 1 saturated heterocycles. The number of likely N-dealkylation sites (tertiary alicyclic amines) is 1. The van der Waals surface area contributed by atoms with E-state index in [1.807, 2.05) is 63.4 Å². The molecule has 1 aliphatic heterocycles. The smallest absolute Gasteiger partial charge is 0.410 e. The summed E-state index contributed by atoms with van der Waals surface area (Å²) in [5.41, 5.74) is 0.551. The van der Waals surface area contributed by atoms with Gasteiger partial charge in [-0.25, -0.2) is 9.78 Å². The second kappa shape index (κ2) is 11.1. The third-order valence-electron chi connectivity index (χ3n) is 5.83. The zero-order valence-corrected chi connectivity index (χ0v) is 20.9. The van der Waals surface area contributed by atoms with Crippen LogP contribution in [0.25, 0.3) is 0 Å². The van der Waals surface area contributed by atoms with Gasteiger partial charge in [0, 0.05) is 25.2 Å². The number of thiazole rings is 1. The Labute approximate surface area is 200 Å². The van der Waals surface area contributed by atoms with Gasteiger partial charge >= 0.3 is 6.09 Å². The molecule has 2 amide bonds. The number of methoxy groups -OCH3 is 1. The van der Waals surface area contributed by atoms with Gasteiger partial charge in [0.25, 0.3) is 0 Å². The first-order valence-corrected chi connectivity index (χ1v) is 12.3. The van der Waals surface area contributed by atoms with Crippen molar-refractivity contribution in [1.82, 2.24) is 15.2 Å². The van der Waals surface area contributed by atoms with Crippen LogP contribution in [0.4, 0.5) is 4.79 Å². The fourth-order valence-corrected chi connectivity index (χ4v) is 4.97. The molecule has 0 aliphatic carbocycles. The molecule has 180 valence electrons. The van der Waals surface area contributed by atoms with E-state index in [1.165, 1.54) is 11.3 Å². The number of nitrogens with zero attached hydrogens (tertiary/aromatic N) is 2. The van der Waals surface area contributed by atoms with Crippen molar-refractivity contribution in [3.8, 4) is 0 Å². The minimum atomic E-state index is -0.575. The van der Waals surface area contributed by atoms with E-state index in [9.17, 15) is 9.59 Å². The molecule has 3 rings (SSSR count). The Bertz CT molecular complexity index is 898. The first-order valence-electron chi connectivity index (χ1n) is 11.5. The van der Waals surface area contributed by atoms with Gasteiger partial charge in [0.2, 0.25) is 5.91 Å². The number of hydrogen-bond donors (Lipinski definition) is 1. The van der Waals surface area contributed by atoms with Crippen LogP contribution in [0.15, 0.2) is 41.9 Å². The summed E-state index contributed by atoms with van der Waals surface area (Å²) >= 11 is 1.53. The highest BCUT2D eigenvalue weighted by Crippen LogP contribution is 2.29. The lowest BCUT2D eigenvalue weighted by atomic mass is 9.94. The fourth-order valence-electron chi connectivity index (χ4n) is 4.28. The summed E-state index contributed by atoms with van der Waals surface area (Å²) in [6.07, 6.45) is 3.24. The summed E-state index contributed by atoms with van der Waals surface area (Å²) in [5, 5.41) is 5.96. The third kappa shape index (κ3) is 6.77. The third-order valence-corrected chi connectivity index (χ3v) is 6.72. The van der Waals surface area contributed by atoms with Crippen LogP contribution in [0.1, 0.15) is 57.1 Å². The van der Waals surface area contributed by atoms with E-state index < -0.39 is 17.6 Å². The monoisotopic (exact) mass is 473 g/mol. The van der Waals surface area contributed by atoms with Gasteiger partial charge in [-0.3, -0.25) is 4.79 Å². The lowest BCUT2D eigenvalue weighted by Gasteiger charge is -2.35. The standard InChI is InChI=1S/C25H35N3O4S/c1-17(21(31-5)20-12-9-14-28(20)24(30)32-25(2,3)4)22(29)27-19(23-26-13-15-33-23)16-18-10-7-6-8-11-18/h6-8,10-11,13,15,17,19-21H,9,12,14,16H2,1-5H3,(H,27,29)/t17-,19-,20-,21+/m0/s1. The van der Waals surface area contributed by atoms with E-state index in [2.05, 4.69) is 10.3 Å². The predicted octanol–water partition coefficient (Wildman–Crippen LogP) is 4.59. The maximum absolute atomic E-state index is 13.4. The average molecular weight is 474 g/mol. The van der Waals surface area contributed by atoms with Gasteiger partial charge in [0.05, 0.1) is 24.1 Å². The van der Waals surface area contributed by atoms with Crippen molar-refractivity contribution in [1.29, 1.82) is 0 Å². The van der Waals surface area contributed by atoms with Crippen LogP contribution in [-0.2, 0) is 20.7 Å². The molecule has 1 N–H and O–H groups in total. The Morgan fingerprint density at radius 1 is 1.27 bits per heavy atom. The van der Waals surface area contributed by atoms with E-state index in [-0.39, 0.29) is 24.1 Å². The minimum Gasteiger partial charge on any atom is -0.444 e. The zero-order valence-electron chi connectivity index (χ0n) is 20.1. The molecular formula is C25H35N3O4S. The molecule has 2 heterocycles. The van der Waals surface area contributed by atoms with Crippen molar-refractivity contribution >= 4 is 23.3 Å². The number of nitrogens with one attached hydrogen (secondary N) is 1. The first kappa shape index (κ1) is 25.2. The molecule has 0 unspecified atom stereocenters. The summed E-state index contributed by atoms with van der Waals surface area (Å²) in [5.74, 6) is -0.574. The van der Waals surface area contributed by atoms with Crippen LogP contribution in [0.5, 0.6) is 0 Å². The molecule has 4 atom stereocenters. The largest absolute Gasteiger partial charge is 0.444 e. The van der Waals surface area contributed by atoms with E-state index in [0.717, 1.165) is 23.4 Å². The summed E-state index contributed by atoms with van der Waals surface area (Å²) in [7, 11) is 1.60. The maximum atomic E-state index is 13.4. The molecule has 1 aromatic heterocycles. The Hall–Kier alpha value is -2.45. The van der Waals surface area contributed by atoms with Crippen LogP contribution in [0.2, 0.25) is 0 Å². The van der Waals surface area contributed by atoms with E-state index in [1.54, 1.807) is 18.2 Å². The van der Waals surface area contributed by atoms with Gasteiger partial charge in [0.1, 0.15) is 10.6 Å². The number of rotatable bonds is 8. The van der Waals surface area contributed by atoms with Crippen LogP contribution >= 0.6 is 11.3 Å². The highest BCUT2D eigenvalue weighted by molar-refractivity contribution is 7.09. The number of amides is 2. The Morgan fingerprint density at radius 3 is 2.61 bits per heavy atom. The predicted molar refractivity (Wildman–Crippen MR) is 129 cm³/mol. The second-order valence-corrected chi connectivity index (χ2v) is 10.4. The molecule has 1 aromatic carbocycles. The fraction of sp³-hybridized carbons (Fsp3) is 0.560. The second-order valence-electron chi connectivity index (χ2n) is 9.49. The molecule has 0 saturated carbocycles. The van der Waals surface area contributed by atoms with Gasteiger partial charge in [-0.1, -0.05) is 37.3 Å². The Morgan fingerprint density at radius 2 is 2.00 bits per heavy atom. The normalized spacial score (nSPS) is 19.1. The zero-order chi connectivity index (χ0) is 24.0. The van der Waals surface area contributed by atoms with Gasteiger partial charge in [-0.05, 0) is 45.6 Å². The van der Waals surface area contributed by atoms with Crippen molar-refractivity contribution in [3.05, 3.63) is 52.5 Å².